The van der Waals surface area contributed by atoms with E-state index >= 15 is 0 Å². The Morgan fingerprint density at radius 2 is 2.06 bits per heavy atom. The van der Waals surface area contributed by atoms with Crippen molar-refractivity contribution in [2.24, 2.45) is 0 Å². The van der Waals surface area contributed by atoms with Crippen molar-refractivity contribution in [3.63, 3.8) is 0 Å². The molecule has 0 radical (unpaired) electrons. The lowest BCUT2D eigenvalue weighted by molar-refractivity contribution is 0.473. The van der Waals surface area contributed by atoms with Crippen molar-refractivity contribution >= 4 is 17.7 Å². The van der Waals surface area contributed by atoms with Crippen LogP contribution in [0.5, 0.6) is 5.75 Å². The fourth-order valence-electron chi connectivity index (χ4n) is 1.14. The number of nitrogen functional groups attached to an aromatic ring is 1. The molecule has 16 heavy (non-hydrogen) atoms. The molecule has 2 heterocycles. The molecule has 0 atom stereocenters. The molecule has 0 amide bonds. The normalized spacial score (nSPS) is 10.3. The minimum atomic E-state index is 0.0576. The summed E-state index contributed by atoms with van der Waals surface area (Å²) in [5.41, 5.74) is 6.15. The van der Waals surface area contributed by atoms with E-state index in [-0.39, 0.29) is 11.7 Å². The molecule has 0 saturated carbocycles. The lowest BCUT2D eigenvalue weighted by atomic mass is 10.2. The van der Waals surface area contributed by atoms with Gasteiger partial charge in [0, 0.05) is 11.8 Å². The molecular formula is C9H9N5OS. The smallest absolute Gasteiger partial charge is 0.224 e. The van der Waals surface area contributed by atoms with Crippen LogP contribution in [0, 0.1) is 0 Å². The summed E-state index contributed by atoms with van der Waals surface area (Å²) >= 11 is 1.37. The number of nitrogens with two attached hydrogens (primary N) is 1. The number of hydrogen-bond donors (Lipinski definition) is 2. The minimum Gasteiger partial charge on any atom is -0.506 e. The molecule has 0 aliphatic heterocycles. The van der Waals surface area contributed by atoms with Crippen LogP contribution in [-0.2, 0) is 0 Å². The standard InChI is InChI=1S/C9H9N5OS/c1-16-9-13-7(12-8(10)14-9)5-2-6(15)4-11-3-5/h2-4,15H,1H3,(H2,10,12,13,14). The van der Waals surface area contributed by atoms with E-state index in [1.54, 1.807) is 6.20 Å². The number of thioether (sulfide) groups is 1. The molecule has 0 fully saturated rings. The van der Waals surface area contributed by atoms with E-state index < -0.39 is 0 Å². The van der Waals surface area contributed by atoms with Crippen molar-refractivity contribution in [3.8, 4) is 17.1 Å². The molecule has 0 bridgehead atoms. The van der Waals surface area contributed by atoms with Gasteiger partial charge in [0.25, 0.3) is 0 Å². The van der Waals surface area contributed by atoms with E-state index in [2.05, 4.69) is 19.9 Å². The second-order valence-electron chi connectivity index (χ2n) is 2.94. The maximum Gasteiger partial charge on any atom is 0.224 e. The lowest BCUT2D eigenvalue weighted by Crippen LogP contribution is -2.01. The van der Waals surface area contributed by atoms with Gasteiger partial charge in [-0.15, -0.1) is 0 Å². The van der Waals surface area contributed by atoms with Gasteiger partial charge in [-0.25, -0.2) is 4.98 Å². The Labute approximate surface area is 96.0 Å². The number of nitrogens with zero attached hydrogens (tertiary/aromatic N) is 4. The first-order chi connectivity index (χ1) is 7.69. The van der Waals surface area contributed by atoms with Crippen LogP contribution < -0.4 is 5.73 Å². The van der Waals surface area contributed by atoms with E-state index in [1.807, 2.05) is 6.26 Å². The van der Waals surface area contributed by atoms with Crippen molar-refractivity contribution in [3.05, 3.63) is 18.5 Å². The maximum absolute atomic E-state index is 9.30. The second kappa shape index (κ2) is 4.31. The summed E-state index contributed by atoms with van der Waals surface area (Å²) in [5, 5.41) is 9.83. The maximum atomic E-state index is 9.30. The topological polar surface area (TPSA) is 97.8 Å². The lowest BCUT2D eigenvalue weighted by Gasteiger charge is -2.02. The molecule has 2 aromatic rings. The van der Waals surface area contributed by atoms with Crippen molar-refractivity contribution in [2.45, 2.75) is 5.16 Å². The Balaban J connectivity index is 2.51. The fraction of sp³-hybridized carbons (Fsp3) is 0.111. The first-order valence-corrected chi connectivity index (χ1v) is 5.61. The molecule has 0 aliphatic rings. The highest BCUT2D eigenvalue weighted by Gasteiger charge is 2.07. The predicted molar refractivity (Wildman–Crippen MR) is 60.9 cm³/mol. The number of anilines is 1. The van der Waals surface area contributed by atoms with E-state index in [1.165, 1.54) is 24.0 Å². The highest BCUT2D eigenvalue weighted by molar-refractivity contribution is 7.98. The van der Waals surface area contributed by atoms with Gasteiger partial charge in [-0.1, -0.05) is 11.8 Å². The Kier molecular flexibility index (Phi) is 2.86. The summed E-state index contributed by atoms with van der Waals surface area (Å²) < 4.78 is 0. The summed E-state index contributed by atoms with van der Waals surface area (Å²) in [4.78, 5) is 15.9. The molecule has 0 saturated heterocycles. The van der Waals surface area contributed by atoms with Gasteiger partial charge < -0.3 is 10.8 Å². The van der Waals surface area contributed by atoms with E-state index in [0.29, 0.717) is 16.5 Å². The second-order valence-corrected chi connectivity index (χ2v) is 3.71. The van der Waals surface area contributed by atoms with Crippen molar-refractivity contribution in [1.29, 1.82) is 0 Å². The third kappa shape index (κ3) is 2.19. The molecule has 3 N–H and O–H groups in total. The zero-order chi connectivity index (χ0) is 11.5. The number of pyridine rings is 1. The number of aromatic hydroxyl groups is 1. The number of hydrogen-bond acceptors (Lipinski definition) is 7. The van der Waals surface area contributed by atoms with Crippen LogP contribution in [0.15, 0.2) is 23.6 Å². The summed E-state index contributed by atoms with van der Waals surface area (Å²) in [6.07, 6.45) is 4.74. The van der Waals surface area contributed by atoms with Crippen LogP contribution in [-0.4, -0.2) is 31.3 Å². The van der Waals surface area contributed by atoms with Gasteiger partial charge in [0.15, 0.2) is 11.0 Å². The average molecular weight is 235 g/mol. The quantitative estimate of drug-likeness (QED) is 0.747. The molecule has 6 nitrogen and oxygen atoms in total. The van der Waals surface area contributed by atoms with Crippen LogP contribution in [0.3, 0.4) is 0 Å². The zero-order valence-electron chi connectivity index (χ0n) is 8.45. The molecule has 2 aromatic heterocycles. The fourth-order valence-corrected chi connectivity index (χ4v) is 1.51. The van der Waals surface area contributed by atoms with E-state index in [0.717, 1.165) is 0 Å². The van der Waals surface area contributed by atoms with E-state index in [4.69, 9.17) is 5.73 Å². The zero-order valence-corrected chi connectivity index (χ0v) is 9.27. The third-order valence-corrected chi connectivity index (χ3v) is 2.34. The molecule has 7 heteroatoms. The molecule has 82 valence electrons. The summed E-state index contributed by atoms with van der Waals surface area (Å²) in [6.45, 7) is 0. The first-order valence-electron chi connectivity index (χ1n) is 4.39. The van der Waals surface area contributed by atoms with Gasteiger partial charge in [0.05, 0.1) is 6.20 Å². The molecular weight excluding hydrogens is 226 g/mol. The van der Waals surface area contributed by atoms with E-state index in [9.17, 15) is 5.11 Å². The molecule has 0 spiro atoms. The Bertz CT molecular complexity index is 519. The van der Waals surface area contributed by atoms with Crippen LogP contribution in [0.25, 0.3) is 11.4 Å². The highest BCUT2D eigenvalue weighted by atomic mass is 32.2. The van der Waals surface area contributed by atoms with Crippen molar-refractivity contribution in [2.75, 3.05) is 12.0 Å². The Hall–Kier alpha value is -1.89. The summed E-state index contributed by atoms with van der Waals surface area (Å²) in [7, 11) is 0. The van der Waals surface area contributed by atoms with Crippen molar-refractivity contribution < 1.29 is 5.11 Å². The van der Waals surface area contributed by atoms with Crippen LogP contribution in [0.1, 0.15) is 0 Å². The SMILES string of the molecule is CSc1nc(N)nc(-c2cncc(O)c2)n1. The first kappa shape index (κ1) is 10.6. The van der Waals surface area contributed by atoms with Gasteiger partial charge in [-0.2, -0.15) is 9.97 Å². The summed E-state index contributed by atoms with van der Waals surface area (Å²) in [6, 6.07) is 1.52. The van der Waals surface area contributed by atoms with Gasteiger partial charge in [-0.3, -0.25) is 4.98 Å². The van der Waals surface area contributed by atoms with Crippen LogP contribution >= 0.6 is 11.8 Å². The summed E-state index contributed by atoms with van der Waals surface area (Å²) in [5.74, 6) is 0.611. The molecule has 2 rings (SSSR count). The largest absolute Gasteiger partial charge is 0.506 e. The average Bonchev–Trinajstić information content (AvgIpc) is 2.28. The van der Waals surface area contributed by atoms with Crippen LogP contribution in [0.4, 0.5) is 5.95 Å². The molecule has 0 aliphatic carbocycles. The van der Waals surface area contributed by atoms with Gasteiger partial charge in [0.2, 0.25) is 5.95 Å². The van der Waals surface area contributed by atoms with Gasteiger partial charge in [-0.05, 0) is 12.3 Å². The van der Waals surface area contributed by atoms with Crippen molar-refractivity contribution in [1.82, 2.24) is 19.9 Å². The highest BCUT2D eigenvalue weighted by Crippen LogP contribution is 2.20. The van der Waals surface area contributed by atoms with Crippen LogP contribution in [0.2, 0.25) is 0 Å². The van der Waals surface area contributed by atoms with Gasteiger partial charge >= 0.3 is 0 Å². The molecule has 0 unspecified atom stereocenters. The third-order valence-electron chi connectivity index (χ3n) is 1.80. The minimum absolute atomic E-state index is 0.0576. The Morgan fingerprint density at radius 3 is 2.75 bits per heavy atom. The predicted octanol–water partition coefficient (Wildman–Crippen LogP) is 0.943. The number of aromatic nitrogens is 4. The Morgan fingerprint density at radius 1 is 1.25 bits per heavy atom. The number of rotatable bonds is 2. The van der Waals surface area contributed by atoms with Gasteiger partial charge in [0.1, 0.15) is 5.75 Å². The monoisotopic (exact) mass is 235 g/mol. The molecule has 0 aromatic carbocycles.